The van der Waals surface area contributed by atoms with Gasteiger partial charge in [-0.05, 0) is 86.9 Å². The Kier molecular flexibility index (Phi) is 4.53. The fourth-order valence-electron chi connectivity index (χ4n) is 7.71. The first-order chi connectivity index (χ1) is 12.3. The number of aliphatic hydroxyl groups is 1. The Morgan fingerprint density at radius 1 is 1.12 bits per heavy atom. The van der Waals surface area contributed by atoms with Crippen LogP contribution in [-0.4, -0.2) is 36.0 Å². The average molecular weight is 359 g/mol. The van der Waals surface area contributed by atoms with Crippen molar-refractivity contribution in [1.82, 2.24) is 5.01 Å². The fraction of sp³-hybridized carbons (Fsp3) is 0.870. The van der Waals surface area contributed by atoms with E-state index in [2.05, 4.69) is 26.8 Å². The molecule has 0 aromatic heterocycles. The number of nitrogens with zero attached hydrogens (tertiary/aromatic N) is 2. The molecule has 0 unspecified atom stereocenters. The molecule has 0 spiro atoms. The zero-order valence-electron chi connectivity index (χ0n) is 17.5. The summed E-state index contributed by atoms with van der Waals surface area (Å²) in [6.07, 6.45) is 12.2. The van der Waals surface area contributed by atoms with Crippen molar-refractivity contribution in [3.05, 3.63) is 11.6 Å². The Balaban J connectivity index is 1.62. The van der Waals surface area contributed by atoms with Crippen LogP contribution in [0.3, 0.4) is 0 Å². The first-order valence-electron chi connectivity index (χ1n) is 10.9. The molecule has 0 bridgehead atoms. The third-order valence-electron chi connectivity index (χ3n) is 8.94. The second-order valence-corrected chi connectivity index (χ2v) is 10.4. The molecule has 0 aromatic carbocycles. The van der Waals surface area contributed by atoms with Crippen LogP contribution >= 0.6 is 0 Å². The van der Waals surface area contributed by atoms with Crippen molar-refractivity contribution in [2.24, 2.45) is 39.6 Å². The minimum atomic E-state index is -0.0968. The molecule has 3 nitrogen and oxygen atoms in total. The van der Waals surface area contributed by atoms with E-state index < -0.39 is 0 Å². The van der Waals surface area contributed by atoms with Crippen molar-refractivity contribution in [2.75, 3.05) is 14.1 Å². The lowest BCUT2D eigenvalue weighted by Gasteiger charge is -2.58. The summed E-state index contributed by atoms with van der Waals surface area (Å²) in [7, 11) is 4.09. The van der Waals surface area contributed by atoms with Gasteiger partial charge in [0.15, 0.2) is 0 Å². The number of aliphatic hydroxyl groups excluding tert-OH is 1. The first-order valence-corrected chi connectivity index (χ1v) is 10.9. The van der Waals surface area contributed by atoms with E-state index in [1.54, 1.807) is 5.57 Å². The number of rotatable bonds is 2. The van der Waals surface area contributed by atoms with Crippen LogP contribution in [0.5, 0.6) is 0 Å². The summed E-state index contributed by atoms with van der Waals surface area (Å²) in [5.41, 5.74) is 3.72. The van der Waals surface area contributed by atoms with E-state index >= 15 is 0 Å². The molecule has 26 heavy (non-hydrogen) atoms. The van der Waals surface area contributed by atoms with E-state index in [0.29, 0.717) is 16.7 Å². The third-order valence-corrected chi connectivity index (χ3v) is 8.94. The maximum atomic E-state index is 10.2. The average Bonchev–Trinajstić information content (AvgIpc) is 2.92. The molecule has 0 amide bonds. The van der Waals surface area contributed by atoms with Crippen LogP contribution in [0.4, 0.5) is 0 Å². The first kappa shape index (κ1) is 18.5. The van der Waals surface area contributed by atoms with Crippen LogP contribution in [0.2, 0.25) is 0 Å². The van der Waals surface area contributed by atoms with Crippen molar-refractivity contribution >= 4 is 5.71 Å². The quantitative estimate of drug-likeness (QED) is 0.434. The van der Waals surface area contributed by atoms with Crippen molar-refractivity contribution < 1.29 is 5.11 Å². The van der Waals surface area contributed by atoms with Crippen LogP contribution in [0.25, 0.3) is 0 Å². The Hall–Kier alpha value is -0.830. The van der Waals surface area contributed by atoms with E-state index in [0.717, 1.165) is 30.6 Å². The van der Waals surface area contributed by atoms with Gasteiger partial charge in [-0.3, -0.25) is 0 Å². The lowest BCUT2D eigenvalue weighted by Crippen LogP contribution is -2.51. The predicted molar refractivity (Wildman–Crippen MR) is 108 cm³/mol. The lowest BCUT2D eigenvalue weighted by atomic mass is 9.47. The molecule has 3 saturated carbocycles. The zero-order valence-corrected chi connectivity index (χ0v) is 17.5. The summed E-state index contributed by atoms with van der Waals surface area (Å²) in [5.74, 6) is 3.18. The highest BCUT2D eigenvalue weighted by Crippen LogP contribution is 2.66. The Morgan fingerprint density at radius 2 is 1.88 bits per heavy atom. The van der Waals surface area contributed by atoms with Crippen molar-refractivity contribution in [3.8, 4) is 0 Å². The van der Waals surface area contributed by atoms with Crippen LogP contribution in [-0.2, 0) is 0 Å². The largest absolute Gasteiger partial charge is 0.393 e. The van der Waals surface area contributed by atoms with Gasteiger partial charge >= 0.3 is 0 Å². The predicted octanol–water partition coefficient (Wildman–Crippen LogP) is 4.86. The lowest BCUT2D eigenvalue weighted by molar-refractivity contribution is -0.0424. The van der Waals surface area contributed by atoms with E-state index in [9.17, 15) is 5.11 Å². The van der Waals surface area contributed by atoms with Gasteiger partial charge in [0.1, 0.15) is 0 Å². The van der Waals surface area contributed by atoms with E-state index in [-0.39, 0.29) is 6.10 Å². The minimum Gasteiger partial charge on any atom is -0.393 e. The number of hydrazone groups is 1. The molecule has 0 aromatic rings. The summed E-state index contributed by atoms with van der Waals surface area (Å²) < 4.78 is 0. The summed E-state index contributed by atoms with van der Waals surface area (Å²) >= 11 is 0. The van der Waals surface area contributed by atoms with Crippen LogP contribution in [0.1, 0.15) is 72.1 Å². The molecule has 146 valence electrons. The van der Waals surface area contributed by atoms with Gasteiger partial charge in [-0.1, -0.05) is 25.5 Å². The van der Waals surface area contributed by atoms with Crippen LogP contribution in [0.15, 0.2) is 16.8 Å². The highest BCUT2D eigenvalue weighted by Gasteiger charge is 2.58. The molecule has 0 aliphatic heterocycles. The maximum Gasteiger partial charge on any atom is 0.0577 e. The molecule has 3 heteroatoms. The molecule has 0 heterocycles. The third kappa shape index (κ3) is 2.68. The number of fused-ring (bicyclic) bond motifs is 5. The molecular formula is C23H38N2O. The Bertz CT molecular complexity index is 624. The second-order valence-electron chi connectivity index (χ2n) is 10.4. The van der Waals surface area contributed by atoms with Gasteiger partial charge in [0, 0.05) is 25.7 Å². The van der Waals surface area contributed by atoms with Gasteiger partial charge in [0.25, 0.3) is 0 Å². The Morgan fingerprint density at radius 3 is 2.62 bits per heavy atom. The number of hydrogen-bond donors (Lipinski definition) is 1. The van der Waals surface area contributed by atoms with Crippen molar-refractivity contribution in [3.63, 3.8) is 0 Å². The van der Waals surface area contributed by atoms with E-state index in [4.69, 9.17) is 5.10 Å². The van der Waals surface area contributed by atoms with E-state index in [1.807, 2.05) is 19.1 Å². The number of allylic oxidation sites excluding steroid dienone is 1. The standard InChI is InChI=1S/C23H38N2O/c1-15(24-25(4)5)19-8-9-20-18-7-6-16-14-17(26)10-12-22(16,2)21(18)11-13-23(19,20)3/h6,17-21,26H,7-14H2,1-5H3/b24-15+/t17-,18-,19+,20-,21-,22-,23+/m0/s1. The van der Waals surface area contributed by atoms with Gasteiger partial charge in [-0.15, -0.1) is 0 Å². The van der Waals surface area contributed by atoms with Crippen molar-refractivity contribution in [2.45, 2.75) is 78.2 Å². The second kappa shape index (κ2) is 6.36. The molecule has 4 rings (SSSR count). The normalized spacial score (nSPS) is 48.3. The van der Waals surface area contributed by atoms with Gasteiger partial charge in [0.2, 0.25) is 0 Å². The molecule has 0 saturated heterocycles. The fourth-order valence-corrected chi connectivity index (χ4v) is 7.71. The van der Waals surface area contributed by atoms with Crippen LogP contribution in [0, 0.1) is 34.5 Å². The molecular weight excluding hydrogens is 320 g/mol. The topological polar surface area (TPSA) is 35.8 Å². The summed E-state index contributed by atoms with van der Waals surface area (Å²) in [6.45, 7) is 7.36. The van der Waals surface area contributed by atoms with Gasteiger partial charge < -0.3 is 10.1 Å². The smallest absolute Gasteiger partial charge is 0.0577 e. The summed E-state index contributed by atoms with van der Waals surface area (Å²) in [4.78, 5) is 0. The number of hydrogen-bond acceptors (Lipinski definition) is 3. The molecule has 7 atom stereocenters. The molecule has 4 aliphatic rings. The molecule has 0 radical (unpaired) electrons. The highest BCUT2D eigenvalue weighted by atomic mass is 16.3. The molecule has 4 aliphatic carbocycles. The van der Waals surface area contributed by atoms with Crippen molar-refractivity contribution in [1.29, 1.82) is 0 Å². The molecule has 1 N–H and O–H groups in total. The minimum absolute atomic E-state index is 0.0968. The summed E-state index contributed by atoms with van der Waals surface area (Å²) in [6, 6.07) is 0. The van der Waals surface area contributed by atoms with Crippen LogP contribution < -0.4 is 0 Å². The van der Waals surface area contributed by atoms with Gasteiger partial charge in [-0.2, -0.15) is 5.10 Å². The SMILES string of the molecule is C/C(=N\N(C)C)[C@H]1CC[C@H]2[C@@H]3CC=C4C[C@@H](O)CC[C@]4(C)[C@H]3CC[C@]12C. The van der Waals surface area contributed by atoms with E-state index in [1.165, 1.54) is 44.2 Å². The summed E-state index contributed by atoms with van der Waals surface area (Å²) in [5, 5.41) is 16.9. The van der Waals surface area contributed by atoms with Gasteiger partial charge in [-0.25, -0.2) is 0 Å². The highest BCUT2D eigenvalue weighted by molar-refractivity contribution is 5.85. The zero-order chi connectivity index (χ0) is 18.7. The maximum absolute atomic E-state index is 10.2. The Labute approximate surface area is 159 Å². The molecule has 3 fully saturated rings. The van der Waals surface area contributed by atoms with Gasteiger partial charge in [0.05, 0.1) is 6.10 Å². The monoisotopic (exact) mass is 358 g/mol.